The Balaban J connectivity index is 2.41. The zero-order chi connectivity index (χ0) is 10.1. The molecule has 1 fully saturated rings. The smallest absolute Gasteiger partial charge is 0.105 e. The van der Waals surface area contributed by atoms with Gasteiger partial charge in [-0.2, -0.15) is 0 Å². The van der Waals surface area contributed by atoms with Gasteiger partial charge in [0, 0.05) is 19.1 Å². The van der Waals surface area contributed by atoms with Crippen LogP contribution in [0.1, 0.15) is 27.2 Å². The van der Waals surface area contributed by atoms with Crippen molar-refractivity contribution >= 4 is 0 Å². The quantitative estimate of drug-likeness (QED) is 0.593. The number of aliphatic hydroxyl groups is 1. The minimum absolute atomic E-state index is 0.0869. The fourth-order valence-corrected chi connectivity index (χ4v) is 2.04. The van der Waals surface area contributed by atoms with E-state index in [-0.39, 0.29) is 6.04 Å². The molecule has 1 rings (SSSR count). The molecule has 0 bridgehead atoms. The molecule has 1 aliphatic heterocycles. The van der Waals surface area contributed by atoms with E-state index in [1.165, 1.54) is 0 Å². The van der Waals surface area contributed by atoms with Crippen molar-refractivity contribution in [2.75, 3.05) is 13.1 Å². The molecule has 4 N–H and O–H groups in total. The summed E-state index contributed by atoms with van der Waals surface area (Å²) in [5, 5.41) is 13.0. The molecule has 0 aromatic heterocycles. The van der Waals surface area contributed by atoms with Gasteiger partial charge in [-0.05, 0) is 18.3 Å². The first-order valence-corrected chi connectivity index (χ1v) is 5.14. The Hall–Kier alpha value is -0.120. The molecule has 2 atom stereocenters. The highest BCUT2D eigenvalue weighted by Crippen LogP contribution is 2.24. The van der Waals surface area contributed by atoms with Crippen molar-refractivity contribution < 1.29 is 5.11 Å². The molecule has 78 valence electrons. The number of rotatable bonds is 4. The number of β-amino-alcohol motifs (C(OH)–C–C–N with tert-alkyl or cyclic N) is 1. The third-order valence-corrected chi connectivity index (χ3v) is 2.94. The maximum Gasteiger partial charge on any atom is 0.105 e. The number of nitrogens with two attached hydrogens (primary N) is 1. The van der Waals surface area contributed by atoms with E-state index in [1.807, 2.05) is 0 Å². The molecule has 1 aliphatic rings. The highest BCUT2D eigenvalue weighted by molar-refractivity contribution is 5.02. The van der Waals surface area contributed by atoms with Crippen molar-refractivity contribution in [2.24, 2.45) is 17.6 Å². The first-order chi connectivity index (χ1) is 5.96. The molecule has 0 spiro atoms. The van der Waals surface area contributed by atoms with Crippen molar-refractivity contribution in [1.29, 1.82) is 0 Å². The van der Waals surface area contributed by atoms with Crippen LogP contribution in [0.15, 0.2) is 0 Å². The summed E-state index contributed by atoms with van der Waals surface area (Å²) in [5.74, 6) is 1.05. The molecule has 13 heavy (non-hydrogen) atoms. The molecular weight excluding hydrogens is 164 g/mol. The zero-order valence-corrected chi connectivity index (χ0v) is 8.88. The average molecular weight is 186 g/mol. The van der Waals surface area contributed by atoms with Crippen LogP contribution in [0.5, 0.6) is 0 Å². The first kappa shape index (κ1) is 11.0. The van der Waals surface area contributed by atoms with Crippen molar-refractivity contribution in [3.05, 3.63) is 0 Å². The van der Waals surface area contributed by atoms with E-state index < -0.39 is 5.60 Å². The SMILES string of the molecule is CC(C)CC(C)C(N)C1(O)CNC1. The summed E-state index contributed by atoms with van der Waals surface area (Å²) in [5.41, 5.74) is 5.37. The monoisotopic (exact) mass is 186 g/mol. The van der Waals surface area contributed by atoms with Crippen LogP contribution in [-0.2, 0) is 0 Å². The summed E-state index contributed by atoms with van der Waals surface area (Å²) >= 11 is 0. The lowest BCUT2D eigenvalue weighted by atomic mass is 9.79. The molecule has 0 aromatic rings. The summed E-state index contributed by atoms with van der Waals surface area (Å²) in [6.07, 6.45) is 1.09. The lowest BCUT2D eigenvalue weighted by molar-refractivity contribution is -0.0478. The lowest BCUT2D eigenvalue weighted by Crippen LogP contribution is -2.69. The van der Waals surface area contributed by atoms with E-state index >= 15 is 0 Å². The molecule has 3 heteroatoms. The van der Waals surface area contributed by atoms with Gasteiger partial charge in [-0.15, -0.1) is 0 Å². The van der Waals surface area contributed by atoms with E-state index in [0.29, 0.717) is 24.9 Å². The Morgan fingerprint density at radius 1 is 1.38 bits per heavy atom. The Bertz CT molecular complexity index is 166. The standard InChI is InChI=1S/C10H22N2O/c1-7(2)4-8(3)9(11)10(13)5-12-6-10/h7-9,12-13H,4-6,11H2,1-3H3. The summed E-state index contributed by atoms with van der Waals surface area (Å²) in [6.45, 7) is 7.80. The number of hydrogen-bond acceptors (Lipinski definition) is 3. The zero-order valence-electron chi connectivity index (χ0n) is 8.88. The fraction of sp³-hybridized carbons (Fsp3) is 1.00. The molecule has 2 unspecified atom stereocenters. The number of nitrogens with one attached hydrogen (secondary N) is 1. The normalized spacial score (nSPS) is 25.4. The topological polar surface area (TPSA) is 58.3 Å². The predicted octanol–water partition coefficient (Wildman–Crippen LogP) is 0.330. The van der Waals surface area contributed by atoms with Crippen molar-refractivity contribution in [1.82, 2.24) is 5.32 Å². The van der Waals surface area contributed by atoms with Gasteiger partial charge < -0.3 is 16.2 Å². The minimum atomic E-state index is -0.645. The van der Waals surface area contributed by atoms with Gasteiger partial charge in [0.25, 0.3) is 0 Å². The van der Waals surface area contributed by atoms with Gasteiger partial charge in [0.1, 0.15) is 5.60 Å². The van der Waals surface area contributed by atoms with Crippen LogP contribution in [0.25, 0.3) is 0 Å². The van der Waals surface area contributed by atoms with E-state index in [0.717, 1.165) is 6.42 Å². The van der Waals surface area contributed by atoms with Gasteiger partial charge in [0.2, 0.25) is 0 Å². The first-order valence-electron chi connectivity index (χ1n) is 5.14. The Labute approximate surface area is 80.7 Å². The maximum atomic E-state index is 9.97. The van der Waals surface area contributed by atoms with Crippen LogP contribution in [0.3, 0.4) is 0 Å². The molecule has 0 radical (unpaired) electrons. The van der Waals surface area contributed by atoms with Crippen LogP contribution in [0.4, 0.5) is 0 Å². The Morgan fingerprint density at radius 3 is 2.23 bits per heavy atom. The van der Waals surface area contributed by atoms with E-state index in [1.54, 1.807) is 0 Å². The Kier molecular flexibility index (Phi) is 3.33. The summed E-state index contributed by atoms with van der Waals surface area (Å²) in [6, 6.07) is -0.0869. The largest absolute Gasteiger partial charge is 0.386 e. The van der Waals surface area contributed by atoms with E-state index in [9.17, 15) is 5.11 Å². The third kappa shape index (κ3) is 2.42. The molecule has 0 amide bonds. The molecule has 1 heterocycles. The van der Waals surface area contributed by atoms with Crippen molar-refractivity contribution in [3.8, 4) is 0 Å². The molecule has 3 nitrogen and oxygen atoms in total. The molecule has 0 aromatic carbocycles. The van der Waals surface area contributed by atoms with Gasteiger partial charge in [0.05, 0.1) is 0 Å². The second kappa shape index (κ2) is 3.95. The number of hydrogen-bond donors (Lipinski definition) is 3. The summed E-state index contributed by atoms with van der Waals surface area (Å²) < 4.78 is 0. The van der Waals surface area contributed by atoms with E-state index in [4.69, 9.17) is 5.73 Å². The van der Waals surface area contributed by atoms with Crippen LogP contribution in [0.2, 0.25) is 0 Å². The highest BCUT2D eigenvalue weighted by Gasteiger charge is 2.42. The van der Waals surface area contributed by atoms with E-state index in [2.05, 4.69) is 26.1 Å². The van der Waals surface area contributed by atoms with Crippen molar-refractivity contribution in [3.63, 3.8) is 0 Å². The van der Waals surface area contributed by atoms with Gasteiger partial charge in [-0.1, -0.05) is 20.8 Å². The van der Waals surface area contributed by atoms with Crippen LogP contribution in [0, 0.1) is 11.8 Å². The van der Waals surface area contributed by atoms with Gasteiger partial charge in [-0.25, -0.2) is 0 Å². The Morgan fingerprint density at radius 2 is 1.92 bits per heavy atom. The molecule has 1 saturated heterocycles. The maximum absolute atomic E-state index is 9.97. The fourth-order valence-electron chi connectivity index (χ4n) is 2.04. The van der Waals surface area contributed by atoms with Gasteiger partial charge >= 0.3 is 0 Å². The lowest BCUT2D eigenvalue weighted by Gasteiger charge is -2.44. The van der Waals surface area contributed by atoms with Crippen LogP contribution in [-0.4, -0.2) is 29.8 Å². The summed E-state index contributed by atoms with van der Waals surface area (Å²) in [4.78, 5) is 0. The van der Waals surface area contributed by atoms with Gasteiger partial charge in [-0.3, -0.25) is 0 Å². The van der Waals surface area contributed by atoms with Crippen LogP contribution < -0.4 is 11.1 Å². The van der Waals surface area contributed by atoms with Gasteiger partial charge in [0.15, 0.2) is 0 Å². The third-order valence-electron chi connectivity index (χ3n) is 2.94. The molecule has 0 saturated carbocycles. The van der Waals surface area contributed by atoms with Crippen LogP contribution >= 0.6 is 0 Å². The van der Waals surface area contributed by atoms with Crippen molar-refractivity contribution in [2.45, 2.75) is 38.8 Å². The second-order valence-electron chi connectivity index (χ2n) is 4.84. The summed E-state index contributed by atoms with van der Waals surface area (Å²) in [7, 11) is 0. The highest BCUT2D eigenvalue weighted by atomic mass is 16.3. The average Bonchev–Trinajstić information content (AvgIpc) is 1.97. The predicted molar refractivity (Wildman–Crippen MR) is 54.4 cm³/mol. The minimum Gasteiger partial charge on any atom is -0.386 e. The molecule has 0 aliphatic carbocycles. The second-order valence-corrected chi connectivity index (χ2v) is 4.84. The molecular formula is C10H22N2O.